The van der Waals surface area contributed by atoms with Crippen LogP contribution in [-0.2, 0) is 16.1 Å². The summed E-state index contributed by atoms with van der Waals surface area (Å²) in [5.74, 6) is 0.271. The highest BCUT2D eigenvalue weighted by molar-refractivity contribution is 6.28. The molecule has 21 heavy (non-hydrogen) atoms. The maximum absolute atomic E-state index is 11.8. The molecule has 0 bridgehead atoms. The predicted molar refractivity (Wildman–Crippen MR) is 81.2 cm³/mol. The Morgan fingerprint density at radius 3 is 2.57 bits per heavy atom. The quantitative estimate of drug-likeness (QED) is 0.786. The van der Waals surface area contributed by atoms with Crippen molar-refractivity contribution in [3.05, 3.63) is 35.9 Å². The molecule has 0 heterocycles. The number of carbonyl (C=O) groups excluding carboxylic acids is 2. The summed E-state index contributed by atoms with van der Waals surface area (Å²) in [5, 5.41) is 2.64. The molecule has 1 aliphatic rings. The topological polar surface area (TPSA) is 55.4 Å². The second-order valence-corrected chi connectivity index (χ2v) is 5.66. The number of amides is 1. The molecule has 1 aromatic rings. The maximum atomic E-state index is 11.8. The lowest BCUT2D eigenvalue weighted by Gasteiger charge is -2.29. The minimum absolute atomic E-state index is 0.0870. The van der Waals surface area contributed by atoms with Crippen LogP contribution in [0.1, 0.15) is 31.2 Å². The predicted octanol–water partition coefficient (Wildman–Crippen LogP) is 3.28. The molecule has 1 N–H and O–H groups in total. The number of alkyl halides is 1. The second kappa shape index (κ2) is 8.03. The number of carbonyl (C=O) groups is 2. The largest absolute Gasteiger partial charge is 0.445 e. The van der Waals surface area contributed by atoms with Gasteiger partial charge < -0.3 is 10.1 Å². The van der Waals surface area contributed by atoms with Crippen LogP contribution in [0.4, 0.5) is 4.79 Å². The number of ether oxygens (including phenoxy) is 1. The highest BCUT2D eigenvalue weighted by Crippen LogP contribution is 2.30. The summed E-state index contributed by atoms with van der Waals surface area (Å²) in [5.41, 5.74) is 0.909. The van der Waals surface area contributed by atoms with Crippen molar-refractivity contribution >= 4 is 23.5 Å². The summed E-state index contributed by atoms with van der Waals surface area (Å²) in [6.45, 7) is 0.192. The molecule has 4 nitrogen and oxygen atoms in total. The van der Waals surface area contributed by atoms with E-state index in [1.165, 1.54) is 6.42 Å². The fraction of sp³-hybridized carbons (Fsp3) is 0.500. The molecule has 0 aliphatic heterocycles. The van der Waals surface area contributed by atoms with Crippen LogP contribution in [0.15, 0.2) is 30.3 Å². The molecule has 1 aliphatic carbocycles. The first-order valence-electron chi connectivity index (χ1n) is 7.25. The van der Waals surface area contributed by atoms with Crippen molar-refractivity contribution < 1.29 is 14.3 Å². The first-order chi connectivity index (χ1) is 10.2. The van der Waals surface area contributed by atoms with Crippen LogP contribution < -0.4 is 5.32 Å². The van der Waals surface area contributed by atoms with Crippen LogP contribution in [-0.4, -0.2) is 23.8 Å². The number of benzene rings is 1. The van der Waals surface area contributed by atoms with E-state index in [-0.39, 0.29) is 18.3 Å². The monoisotopic (exact) mass is 309 g/mol. The summed E-state index contributed by atoms with van der Waals surface area (Å²) in [6, 6.07) is 8.89. The van der Waals surface area contributed by atoms with Gasteiger partial charge in [0.15, 0.2) is 5.78 Å². The first kappa shape index (κ1) is 15.8. The molecule has 0 spiro atoms. The minimum atomic E-state index is -0.568. The molecule has 0 aromatic heterocycles. The molecule has 1 fully saturated rings. The Bertz CT molecular complexity index is 474. The third-order valence-corrected chi connectivity index (χ3v) is 4.08. The van der Waals surface area contributed by atoms with Crippen molar-refractivity contribution in [3.8, 4) is 0 Å². The SMILES string of the molecule is O=C(NC(CC1CCC1)C(=O)CCl)OCc1ccccc1. The summed E-state index contributed by atoms with van der Waals surface area (Å²) in [6.07, 6.45) is 3.53. The Labute approximate surface area is 129 Å². The summed E-state index contributed by atoms with van der Waals surface area (Å²) < 4.78 is 5.14. The van der Waals surface area contributed by atoms with Gasteiger partial charge in [-0.25, -0.2) is 4.79 Å². The zero-order valence-electron chi connectivity index (χ0n) is 11.9. The van der Waals surface area contributed by atoms with E-state index in [4.69, 9.17) is 16.3 Å². The van der Waals surface area contributed by atoms with Gasteiger partial charge in [0.1, 0.15) is 6.61 Å². The van der Waals surface area contributed by atoms with Crippen LogP contribution in [0, 0.1) is 5.92 Å². The highest BCUT2D eigenvalue weighted by atomic mass is 35.5. The molecular weight excluding hydrogens is 290 g/mol. The molecule has 1 atom stereocenters. The summed E-state index contributed by atoms with van der Waals surface area (Å²) >= 11 is 5.61. The lowest BCUT2D eigenvalue weighted by Crippen LogP contribution is -2.43. The van der Waals surface area contributed by atoms with Crippen molar-refractivity contribution in [1.29, 1.82) is 0 Å². The molecule has 114 valence electrons. The van der Waals surface area contributed by atoms with Crippen LogP contribution >= 0.6 is 11.6 Å². The zero-order valence-corrected chi connectivity index (χ0v) is 12.6. The molecule has 1 amide bonds. The average Bonchev–Trinajstić information content (AvgIpc) is 2.47. The van der Waals surface area contributed by atoms with Crippen molar-refractivity contribution in [2.45, 2.75) is 38.3 Å². The highest BCUT2D eigenvalue weighted by Gasteiger charge is 2.27. The summed E-state index contributed by atoms with van der Waals surface area (Å²) in [4.78, 5) is 23.6. The van der Waals surface area contributed by atoms with Crippen LogP contribution in [0.2, 0.25) is 0 Å². The standard InChI is InChI=1S/C16H20ClNO3/c17-10-15(19)14(9-12-7-4-8-12)18-16(20)21-11-13-5-2-1-3-6-13/h1-3,5-6,12,14H,4,7-11H2,(H,18,20). The van der Waals surface area contributed by atoms with Gasteiger partial charge in [0.2, 0.25) is 0 Å². The van der Waals surface area contributed by atoms with E-state index in [9.17, 15) is 9.59 Å². The second-order valence-electron chi connectivity index (χ2n) is 5.39. The average molecular weight is 310 g/mol. The number of hydrogen-bond donors (Lipinski definition) is 1. The van der Waals surface area contributed by atoms with Crippen molar-refractivity contribution in [3.63, 3.8) is 0 Å². The Hall–Kier alpha value is -1.55. The van der Waals surface area contributed by atoms with Gasteiger partial charge in [0.05, 0.1) is 11.9 Å². The first-order valence-corrected chi connectivity index (χ1v) is 7.78. The van der Waals surface area contributed by atoms with Gasteiger partial charge in [-0.2, -0.15) is 0 Å². The van der Waals surface area contributed by atoms with Crippen LogP contribution in [0.25, 0.3) is 0 Å². The number of Topliss-reactive ketones (excluding diaryl/α,β-unsaturated/α-hetero) is 1. The summed E-state index contributed by atoms with van der Waals surface area (Å²) in [7, 11) is 0. The lowest BCUT2D eigenvalue weighted by atomic mass is 9.80. The number of alkyl carbamates (subject to hydrolysis) is 1. The molecule has 1 aromatic carbocycles. The van der Waals surface area contributed by atoms with Gasteiger partial charge in [-0.1, -0.05) is 49.6 Å². The number of halogens is 1. The van der Waals surface area contributed by atoms with Crippen LogP contribution in [0.3, 0.4) is 0 Å². The molecule has 2 rings (SSSR count). The number of hydrogen-bond acceptors (Lipinski definition) is 3. The van der Waals surface area contributed by atoms with E-state index in [1.807, 2.05) is 30.3 Å². The smallest absolute Gasteiger partial charge is 0.408 e. The van der Waals surface area contributed by atoms with E-state index >= 15 is 0 Å². The third-order valence-electron chi connectivity index (χ3n) is 3.82. The Morgan fingerprint density at radius 1 is 1.29 bits per heavy atom. The fourth-order valence-corrected chi connectivity index (χ4v) is 2.52. The Balaban J connectivity index is 1.80. The van der Waals surface area contributed by atoms with E-state index in [0.29, 0.717) is 12.3 Å². The molecule has 0 saturated heterocycles. The van der Waals surface area contributed by atoms with Crippen molar-refractivity contribution in [2.75, 3.05) is 5.88 Å². The van der Waals surface area contributed by atoms with Gasteiger partial charge in [-0.05, 0) is 17.9 Å². The number of rotatable bonds is 7. The molecular formula is C16H20ClNO3. The van der Waals surface area contributed by atoms with Gasteiger partial charge in [0.25, 0.3) is 0 Å². The lowest BCUT2D eigenvalue weighted by molar-refractivity contribution is -0.119. The van der Waals surface area contributed by atoms with Crippen LogP contribution in [0.5, 0.6) is 0 Å². The number of nitrogens with one attached hydrogen (secondary N) is 1. The van der Waals surface area contributed by atoms with E-state index in [0.717, 1.165) is 18.4 Å². The van der Waals surface area contributed by atoms with Crippen molar-refractivity contribution in [1.82, 2.24) is 5.32 Å². The molecule has 0 radical (unpaired) electrons. The Morgan fingerprint density at radius 2 is 2.00 bits per heavy atom. The van der Waals surface area contributed by atoms with Gasteiger partial charge in [0, 0.05) is 0 Å². The van der Waals surface area contributed by atoms with E-state index in [2.05, 4.69) is 5.32 Å². The zero-order chi connectivity index (χ0) is 15.1. The molecule has 1 saturated carbocycles. The number of ketones is 1. The fourth-order valence-electron chi connectivity index (χ4n) is 2.33. The normalized spacial score (nSPS) is 15.9. The van der Waals surface area contributed by atoms with Gasteiger partial charge in [-0.15, -0.1) is 11.6 Å². The van der Waals surface area contributed by atoms with Gasteiger partial charge >= 0.3 is 6.09 Å². The molecule has 5 heteroatoms. The molecule has 1 unspecified atom stereocenters. The van der Waals surface area contributed by atoms with E-state index in [1.54, 1.807) is 0 Å². The Kier molecular flexibility index (Phi) is 6.05. The van der Waals surface area contributed by atoms with Crippen molar-refractivity contribution in [2.24, 2.45) is 5.92 Å². The maximum Gasteiger partial charge on any atom is 0.408 e. The van der Waals surface area contributed by atoms with E-state index < -0.39 is 12.1 Å². The third kappa shape index (κ3) is 5.05. The van der Waals surface area contributed by atoms with Gasteiger partial charge in [-0.3, -0.25) is 4.79 Å². The minimum Gasteiger partial charge on any atom is -0.445 e.